The van der Waals surface area contributed by atoms with E-state index < -0.39 is 29.4 Å². The normalized spacial score (nSPS) is 11.3. The van der Waals surface area contributed by atoms with Gasteiger partial charge in [0.15, 0.2) is 0 Å². The fourth-order valence-corrected chi connectivity index (χ4v) is 4.43. The van der Waals surface area contributed by atoms with Crippen molar-refractivity contribution in [3.8, 4) is 23.0 Å². The second-order valence-electron chi connectivity index (χ2n) is 8.91. The number of ether oxygens (including phenoxy) is 2. The summed E-state index contributed by atoms with van der Waals surface area (Å²) in [7, 11) is 0. The van der Waals surface area contributed by atoms with Crippen LogP contribution in [0.1, 0.15) is 71.8 Å². The molecule has 0 aliphatic rings. The van der Waals surface area contributed by atoms with E-state index in [4.69, 9.17) is 9.47 Å². The molecule has 10 nitrogen and oxygen atoms in total. The van der Waals surface area contributed by atoms with E-state index in [-0.39, 0.29) is 34.1 Å². The summed E-state index contributed by atoms with van der Waals surface area (Å²) in [5.74, 6) is -4.63. The summed E-state index contributed by atoms with van der Waals surface area (Å²) in [6.07, 6.45) is 0.753. The van der Waals surface area contributed by atoms with E-state index in [0.29, 0.717) is 11.5 Å². The van der Waals surface area contributed by atoms with E-state index in [0.717, 1.165) is 23.6 Å². The van der Waals surface area contributed by atoms with Crippen molar-refractivity contribution >= 4 is 23.9 Å². The van der Waals surface area contributed by atoms with Gasteiger partial charge in [-0.3, -0.25) is 0 Å². The zero-order chi connectivity index (χ0) is 29.7. The first kappa shape index (κ1) is 28.4. The SMILES string of the molecule is CCC(c1ccc(Oc2ccc(C(=O)O)c(C(=O)O)c2)cc1)c1ccc(Oc2cccc(C(=O)O)c2C(=O)O)cc1. The Morgan fingerprint density at radius 3 is 1.59 bits per heavy atom. The molecule has 4 aromatic rings. The van der Waals surface area contributed by atoms with Crippen LogP contribution in [-0.2, 0) is 0 Å². The minimum Gasteiger partial charge on any atom is -0.478 e. The number of rotatable bonds is 11. The second kappa shape index (κ2) is 12.0. The molecular formula is C31H24O10. The highest BCUT2D eigenvalue weighted by molar-refractivity contribution is 6.04. The van der Waals surface area contributed by atoms with Gasteiger partial charge in [-0.2, -0.15) is 0 Å². The Balaban J connectivity index is 1.51. The third-order valence-corrected chi connectivity index (χ3v) is 6.36. The van der Waals surface area contributed by atoms with E-state index >= 15 is 0 Å². The van der Waals surface area contributed by atoms with Crippen LogP contribution >= 0.6 is 0 Å². The summed E-state index contributed by atoms with van der Waals surface area (Å²) in [5, 5.41) is 37.3. The maximum absolute atomic E-state index is 11.7. The molecule has 208 valence electrons. The Bertz CT molecular complexity index is 1620. The van der Waals surface area contributed by atoms with Crippen molar-refractivity contribution in [2.24, 2.45) is 0 Å². The first-order chi connectivity index (χ1) is 19.6. The van der Waals surface area contributed by atoms with Crippen molar-refractivity contribution in [2.75, 3.05) is 0 Å². The first-order valence-electron chi connectivity index (χ1n) is 12.3. The fraction of sp³-hybridized carbons (Fsp3) is 0.0968. The van der Waals surface area contributed by atoms with Crippen molar-refractivity contribution in [1.82, 2.24) is 0 Å². The topological polar surface area (TPSA) is 168 Å². The van der Waals surface area contributed by atoms with Crippen LogP contribution < -0.4 is 9.47 Å². The van der Waals surface area contributed by atoms with Gasteiger partial charge < -0.3 is 29.9 Å². The van der Waals surface area contributed by atoms with Gasteiger partial charge in [0, 0.05) is 5.92 Å². The summed E-state index contributed by atoms with van der Waals surface area (Å²) >= 11 is 0. The fourth-order valence-electron chi connectivity index (χ4n) is 4.43. The summed E-state index contributed by atoms with van der Waals surface area (Å²) < 4.78 is 11.5. The highest BCUT2D eigenvalue weighted by Crippen LogP contribution is 2.33. The summed E-state index contributed by atoms with van der Waals surface area (Å²) in [6.45, 7) is 2.02. The third kappa shape index (κ3) is 6.34. The molecule has 41 heavy (non-hydrogen) atoms. The molecule has 0 fully saturated rings. The highest BCUT2D eigenvalue weighted by Gasteiger charge is 2.22. The Hall–Kier alpha value is -5.64. The van der Waals surface area contributed by atoms with Gasteiger partial charge in [-0.25, -0.2) is 19.2 Å². The molecule has 4 aromatic carbocycles. The lowest BCUT2D eigenvalue weighted by molar-refractivity contribution is 0.0649. The average Bonchev–Trinajstić information content (AvgIpc) is 2.94. The summed E-state index contributed by atoms with van der Waals surface area (Å²) in [6, 6.07) is 22.0. The first-order valence-corrected chi connectivity index (χ1v) is 12.3. The van der Waals surface area contributed by atoms with E-state index in [1.807, 2.05) is 31.2 Å². The van der Waals surface area contributed by atoms with Crippen LogP contribution in [0.4, 0.5) is 0 Å². The minimum atomic E-state index is -1.41. The molecular weight excluding hydrogens is 532 g/mol. The van der Waals surface area contributed by atoms with Crippen molar-refractivity contribution in [3.63, 3.8) is 0 Å². The predicted octanol–water partition coefficient (Wildman–Crippen LogP) is 6.61. The van der Waals surface area contributed by atoms with Crippen LogP contribution in [0, 0.1) is 0 Å². The number of carbonyl (C=O) groups is 4. The third-order valence-electron chi connectivity index (χ3n) is 6.36. The number of carboxylic acid groups (broad SMARTS) is 4. The van der Waals surface area contributed by atoms with Crippen LogP contribution in [0.3, 0.4) is 0 Å². The Morgan fingerprint density at radius 2 is 1.10 bits per heavy atom. The molecule has 0 spiro atoms. The Labute approximate surface area is 233 Å². The van der Waals surface area contributed by atoms with E-state index in [1.54, 1.807) is 24.3 Å². The predicted molar refractivity (Wildman–Crippen MR) is 146 cm³/mol. The van der Waals surface area contributed by atoms with Gasteiger partial charge in [-0.15, -0.1) is 0 Å². The van der Waals surface area contributed by atoms with Gasteiger partial charge in [-0.05, 0) is 72.1 Å². The number of carboxylic acids is 4. The van der Waals surface area contributed by atoms with E-state index in [1.165, 1.54) is 30.3 Å². The largest absolute Gasteiger partial charge is 0.478 e. The van der Waals surface area contributed by atoms with Gasteiger partial charge in [0.1, 0.15) is 28.6 Å². The quantitative estimate of drug-likeness (QED) is 0.158. The second-order valence-corrected chi connectivity index (χ2v) is 8.91. The van der Waals surface area contributed by atoms with Gasteiger partial charge in [-0.1, -0.05) is 37.3 Å². The lowest BCUT2D eigenvalue weighted by Crippen LogP contribution is -2.09. The summed E-state index contributed by atoms with van der Waals surface area (Å²) in [4.78, 5) is 45.8. The zero-order valence-electron chi connectivity index (χ0n) is 21.6. The summed E-state index contributed by atoms with van der Waals surface area (Å²) in [5.41, 5.74) is 0.418. The van der Waals surface area contributed by atoms with Crippen LogP contribution in [0.5, 0.6) is 23.0 Å². The van der Waals surface area contributed by atoms with Crippen LogP contribution in [-0.4, -0.2) is 44.3 Å². The molecule has 10 heteroatoms. The van der Waals surface area contributed by atoms with Gasteiger partial charge in [0.05, 0.1) is 16.7 Å². The Morgan fingerprint density at radius 1 is 0.585 bits per heavy atom. The van der Waals surface area contributed by atoms with Gasteiger partial charge in [0.2, 0.25) is 0 Å². The maximum Gasteiger partial charge on any atom is 0.340 e. The van der Waals surface area contributed by atoms with E-state index in [2.05, 4.69) is 0 Å². The highest BCUT2D eigenvalue weighted by atomic mass is 16.5. The smallest absolute Gasteiger partial charge is 0.340 e. The van der Waals surface area contributed by atoms with Crippen molar-refractivity contribution in [1.29, 1.82) is 0 Å². The molecule has 0 aliphatic heterocycles. The molecule has 4 rings (SSSR count). The zero-order valence-corrected chi connectivity index (χ0v) is 21.6. The number of benzene rings is 4. The Kier molecular flexibility index (Phi) is 8.33. The monoisotopic (exact) mass is 556 g/mol. The molecule has 0 aliphatic carbocycles. The van der Waals surface area contributed by atoms with Gasteiger partial charge >= 0.3 is 23.9 Å². The lowest BCUT2D eigenvalue weighted by Gasteiger charge is -2.18. The number of aromatic carboxylic acids is 4. The van der Waals surface area contributed by atoms with Gasteiger partial charge in [0.25, 0.3) is 0 Å². The molecule has 1 unspecified atom stereocenters. The lowest BCUT2D eigenvalue weighted by atomic mass is 9.89. The number of hydrogen-bond acceptors (Lipinski definition) is 6. The van der Waals surface area contributed by atoms with Crippen LogP contribution in [0.25, 0.3) is 0 Å². The molecule has 0 saturated carbocycles. The molecule has 4 N–H and O–H groups in total. The molecule has 0 amide bonds. The maximum atomic E-state index is 11.7. The van der Waals surface area contributed by atoms with Crippen molar-refractivity contribution < 1.29 is 49.1 Å². The molecule has 0 heterocycles. The molecule has 1 atom stereocenters. The molecule has 0 radical (unpaired) electrons. The standard InChI is InChI=1S/C31H24O10/c1-2-22(17-6-10-19(11-7-17)40-21-14-15-23(28(32)33)25(16-21)30(36)37)18-8-12-20(13-9-18)41-26-5-3-4-24(29(34)35)27(26)31(38)39/h3-16,22H,2H2,1H3,(H,32,33)(H,34,35)(H,36,37)(H,38,39). The van der Waals surface area contributed by atoms with E-state index in [9.17, 15) is 39.6 Å². The molecule has 0 aromatic heterocycles. The van der Waals surface area contributed by atoms with Crippen molar-refractivity contribution in [3.05, 3.63) is 118 Å². The van der Waals surface area contributed by atoms with Crippen molar-refractivity contribution in [2.45, 2.75) is 19.3 Å². The minimum absolute atomic E-state index is 0.00326. The van der Waals surface area contributed by atoms with Crippen LogP contribution in [0.15, 0.2) is 84.9 Å². The average molecular weight is 557 g/mol. The number of hydrogen-bond donors (Lipinski definition) is 4. The van der Waals surface area contributed by atoms with Crippen LogP contribution in [0.2, 0.25) is 0 Å². The molecule has 0 bridgehead atoms. The molecule has 0 saturated heterocycles.